The van der Waals surface area contributed by atoms with Gasteiger partial charge in [0.2, 0.25) is 11.8 Å². The first-order chi connectivity index (χ1) is 12.5. The molecular formula is C19H22N4O3. The molecule has 1 aliphatic carbocycles. The maximum absolute atomic E-state index is 12.7. The van der Waals surface area contributed by atoms with Gasteiger partial charge in [-0.3, -0.25) is 24.6 Å². The first-order valence-electron chi connectivity index (χ1n) is 9.25. The Bertz CT molecular complexity index is 811. The smallest absolute Gasteiger partial charge is 0.255 e. The van der Waals surface area contributed by atoms with Gasteiger partial charge in [0.15, 0.2) is 0 Å². The average Bonchev–Trinajstić information content (AvgIpc) is 2.96. The van der Waals surface area contributed by atoms with E-state index in [1.54, 1.807) is 4.90 Å². The molecule has 136 valence electrons. The molecule has 3 fully saturated rings. The van der Waals surface area contributed by atoms with Gasteiger partial charge >= 0.3 is 0 Å². The van der Waals surface area contributed by atoms with Crippen molar-refractivity contribution in [2.24, 2.45) is 17.6 Å². The standard InChI is InChI=1S/C19H22N4O3/c20-17-13-8-22(9-14(13)17)6-10-1-2-12-11(5-10)7-23(19(12)26)15-3-4-16(24)21-18(15)25/h1-2,5,13-15,17H,3-4,6-9,20H2,(H,21,24,25)/t13-,14+,15?,17?. The van der Waals surface area contributed by atoms with Crippen LogP contribution in [0.15, 0.2) is 18.2 Å². The summed E-state index contributed by atoms with van der Waals surface area (Å²) in [6.45, 7) is 3.43. The van der Waals surface area contributed by atoms with E-state index >= 15 is 0 Å². The first-order valence-corrected chi connectivity index (χ1v) is 9.25. The number of imide groups is 1. The van der Waals surface area contributed by atoms with Gasteiger partial charge in [0.05, 0.1) is 0 Å². The number of nitrogens with two attached hydrogens (primary N) is 1. The number of benzene rings is 1. The number of hydrogen-bond acceptors (Lipinski definition) is 5. The highest BCUT2D eigenvalue weighted by molar-refractivity contribution is 6.05. The number of hydrogen-bond donors (Lipinski definition) is 2. The lowest BCUT2D eigenvalue weighted by Crippen LogP contribution is -2.52. The monoisotopic (exact) mass is 354 g/mol. The predicted octanol–water partition coefficient (Wildman–Crippen LogP) is -0.163. The number of nitrogens with zero attached hydrogens (tertiary/aromatic N) is 2. The van der Waals surface area contributed by atoms with Crippen molar-refractivity contribution in [3.63, 3.8) is 0 Å². The summed E-state index contributed by atoms with van der Waals surface area (Å²) in [7, 11) is 0. The zero-order valence-electron chi connectivity index (χ0n) is 14.5. The number of nitrogens with one attached hydrogen (secondary N) is 1. The van der Waals surface area contributed by atoms with Crippen molar-refractivity contribution in [3.05, 3.63) is 34.9 Å². The lowest BCUT2D eigenvalue weighted by atomic mass is 10.0. The van der Waals surface area contributed by atoms with Gasteiger partial charge in [-0.1, -0.05) is 12.1 Å². The number of amides is 3. The van der Waals surface area contributed by atoms with E-state index in [-0.39, 0.29) is 24.1 Å². The fraction of sp³-hybridized carbons (Fsp3) is 0.526. The fourth-order valence-electron chi connectivity index (χ4n) is 4.77. The summed E-state index contributed by atoms with van der Waals surface area (Å²) in [5.41, 5.74) is 8.83. The molecule has 4 atom stereocenters. The second kappa shape index (κ2) is 5.62. The molecule has 3 heterocycles. The van der Waals surface area contributed by atoms with E-state index < -0.39 is 6.04 Å². The van der Waals surface area contributed by atoms with Gasteiger partial charge in [0.25, 0.3) is 5.91 Å². The van der Waals surface area contributed by atoms with E-state index in [1.807, 2.05) is 12.1 Å². The molecule has 0 spiro atoms. The van der Waals surface area contributed by atoms with Crippen molar-refractivity contribution in [2.45, 2.75) is 38.0 Å². The third-order valence-corrected chi connectivity index (χ3v) is 6.33. The summed E-state index contributed by atoms with van der Waals surface area (Å²) in [5.74, 6) is 0.578. The van der Waals surface area contributed by atoms with E-state index in [0.717, 1.165) is 25.2 Å². The molecule has 0 bridgehead atoms. The van der Waals surface area contributed by atoms with Crippen LogP contribution in [0, 0.1) is 11.8 Å². The van der Waals surface area contributed by atoms with Crippen molar-refractivity contribution in [2.75, 3.05) is 13.1 Å². The Morgan fingerprint density at radius 1 is 1.15 bits per heavy atom. The summed E-state index contributed by atoms with van der Waals surface area (Å²) in [4.78, 5) is 40.2. The Labute approximate surface area is 151 Å². The van der Waals surface area contributed by atoms with Crippen LogP contribution in [0.25, 0.3) is 0 Å². The van der Waals surface area contributed by atoms with E-state index in [2.05, 4.69) is 16.3 Å². The summed E-state index contributed by atoms with van der Waals surface area (Å²) in [6.07, 6.45) is 0.676. The molecular weight excluding hydrogens is 332 g/mol. The number of rotatable bonds is 3. The molecule has 7 heteroatoms. The third kappa shape index (κ3) is 2.46. The van der Waals surface area contributed by atoms with Gasteiger partial charge in [-0.15, -0.1) is 0 Å². The molecule has 5 rings (SSSR count). The third-order valence-electron chi connectivity index (χ3n) is 6.33. The van der Waals surface area contributed by atoms with Gasteiger partial charge in [-0.2, -0.15) is 0 Å². The molecule has 1 saturated carbocycles. The van der Waals surface area contributed by atoms with Crippen LogP contribution < -0.4 is 11.1 Å². The lowest BCUT2D eigenvalue weighted by Gasteiger charge is -2.29. The Morgan fingerprint density at radius 2 is 1.92 bits per heavy atom. The first kappa shape index (κ1) is 16.0. The summed E-state index contributed by atoms with van der Waals surface area (Å²) >= 11 is 0. The second-order valence-electron chi connectivity index (χ2n) is 7.99. The van der Waals surface area contributed by atoms with Crippen LogP contribution in [0.2, 0.25) is 0 Å². The van der Waals surface area contributed by atoms with Crippen LogP contribution in [0.5, 0.6) is 0 Å². The normalized spacial score (nSPS) is 33.3. The number of piperidine rings is 2. The minimum Gasteiger partial charge on any atom is -0.327 e. The summed E-state index contributed by atoms with van der Waals surface area (Å²) in [6, 6.07) is 5.81. The quantitative estimate of drug-likeness (QED) is 0.735. The maximum atomic E-state index is 12.7. The molecule has 3 aliphatic heterocycles. The largest absolute Gasteiger partial charge is 0.327 e. The lowest BCUT2D eigenvalue weighted by molar-refractivity contribution is -0.136. The van der Waals surface area contributed by atoms with Crippen LogP contribution in [0.3, 0.4) is 0 Å². The number of carbonyl (C=O) groups is 3. The molecule has 1 aromatic rings. The molecule has 3 N–H and O–H groups in total. The van der Waals surface area contributed by atoms with Crippen LogP contribution in [-0.2, 0) is 22.7 Å². The predicted molar refractivity (Wildman–Crippen MR) is 92.7 cm³/mol. The Kier molecular flexibility index (Phi) is 3.45. The fourth-order valence-corrected chi connectivity index (χ4v) is 4.77. The van der Waals surface area contributed by atoms with Crippen molar-refractivity contribution in [3.8, 4) is 0 Å². The molecule has 2 unspecified atom stereocenters. The Hall–Kier alpha value is -2.25. The van der Waals surface area contributed by atoms with Gasteiger partial charge in [-0.05, 0) is 35.4 Å². The summed E-state index contributed by atoms with van der Waals surface area (Å²) < 4.78 is 0. The van der Waals surface area contributed by atoms with Gasteiger partial charge in [0, 0.05) is 44.2 Å². The van der Waals surface area contributed by atoms with Crippen molar-refractivity contribution in [1.82, 2.24) is 15.1 Å². The van der Waals surface area contributed by atoms with E-state index in [1.165, 1.54) is 5.56 Å². The molecule has 7 nitrogen and oxygen atoms in total. The minimum atomic E-state index is -0.553. The van der Waals surface area contributed by atoms with Crippen molar-refractivity contribution < 1.29 is 14.4 Å². The topological polar surface area (TPSA) is 95.7 Å². The SMILES string of the molecule is NC1[C@H]2CN(Cc3ccc4c(c3)CN(C3CCC(=O)NC3=O)C4=O)C[C@@H]12. The van der Waals surface area contributed by atoms with Crippen molar-refractivity contribution in [1.29, 1.82) is 0 Å². The highest BCUT2D eigenvalue weighted by atomic mass is 16.2. The van der Waals surface area contributed by atoms with Crippen molar-refractivity contribution >= 4 is 17.7 Å². The van der Waals surface area contributed by atoms with E-state index in [9.17, 15) is 14.4 Å². The molecule has 0 aromatic heterocycles. The molecule has 3 amide bonds. The van der Waals surface area contributed by atoms with E-state index in [4.69, 9.17) is 5.73 Å². The molecule has 0 radical (unpaired) electrons. The average molecular weight is 354 g/mol. The molecule has 26 heavy (non-hydrogen) atoms. The highest BCUT2D eigenvalue weighted by Gasteiger charge is 2.53. The van der Waals surface area contributed by atoms with Crippen LogP contribution in [-0.4, -0.2) is 52.7 Å². The zero-order valence-corrected chi connectivity index (χ0v) is 14.5. The van der Waals surface area contributed by atoms with Gasteiger partial charge in [0.1, 0.15) is 6.04 Å². The van der Waals surface area contributed by atoms with Crippen LogP contribution >= 0.6 is 0 Å². The Balaban J connectivity index is 1.29. The van der Waals surface area contributed by atoms with Crippen LogP contribution in [0.4, 0.5) is 0 Å². The molecule has 4 aliphatic rings. The number of fused-ring (bicyclic) bond motifs is 2. The molecule has 1 aromatic carbocycles. The van der Waals surface area contributed by atoms with Crippen LogP contribution in [0.1, 0.15) is 34.3 Å². The molecule has 2 saturated heterocycles. The highest BCUT2D eigenvalue weighted by Crippen LogP contribution is 2.44. The Morgan fingerprint density at radius 3 is 2.65 bits per heavy atom. The zero-order chi connectivity index (χ0) is 18.0. The van der Waals surface area contributed by atoms with E-state index in [0.29, 0.717) is 36.4 Å². The summed E-state index contributed by atoms with van der Waals surface area (Å²) in [5, 5.41) is 2.34. The minimum absolute atomic E-state index is 0.116. The number of carbonyl (C=O) groups excluding carboxylic acids is 3. The van der Waals surface area contributed by atoms with Gasteiger partial charge < -0.3 is 10.6 Å². The maximum Gasteiger partial charge on any atom is 0.255 e. The van der Waals surface area contributed by atoms with Gasteiger partial charge in [-0.25, -0.2) is 0 Å². The number of likely N-dealkylation sites (tertiary alicyclic amines) is 1. The second-order valence-corrected chi connectivity index (χ2v) is 7.99.